The summed E-state index contributed by atoms with van der Waals surface area (Å²) in [6.45, 7) is 3.44. The Morgan fingerprint density at radius 3 is 2.76 bits per heavy atom. The fourth-order valence-corrected chi connectivity index (χ4v) is 2.77. The molecule has 1 aromatic rings. The molecular formula is C16H23N3O2. The van der Waals surface area contributed by atoms with E-state index >= 15 is 0 Å². The molecule has 2 rings (SSSR count). The summed E-state index contributed by atoms with van der Waals surface area (Å²) in [7, 11) is 0. The maximum absolute atomic E-state index is 12.2. The second-order valence-electron chi connectivity index (χ2n) is 5.69. The molecule has 0 spiro atoms. The minimum Gasteiger partial charge on any atom is -0.398 e. The van der Waals surface area contributed by atoms with Crippen LogP contribution in [0.3, 0.4) is 0 Å². The van der Waals surface area contributed by atoms with Crippen molar-refractivity contribution in [2.45, 2.75) is 39.2 Å². The summed E-state index contributed by atoms with van der Waals surface area (Å²) in [6.07, 6.45) is 3.75. The van der Waals surface area contributed by atoms with Gasteiger partial charge in [0.15, 0.2) is 0 Å². The number of likely N-dealkylation sites (tertiary alicyclic amines) is 1. The summed E-state index contributed by atoms with van der Waals surface area (Å²) in [5.74, 6) is 0.322. The lowest BCUT2D eigenvalue weighted by Crippen LogP contribution is -2.30. The van der Waals surface area contributed by atoms with Crippen LogP contribution in [0.5, 0.6) is 0 Å². The number of amides is 2. The molecule has 1 heterocycles. The second-order valence-corrected chi connectivity index (χ2v) is 5.69. The number of hydrogen-bond acceptors (Lipinski definition) is 3. The third kappa shape index (κ3) is 3.74. The highest BCUT2D eigenvalue weighted by molar-refractivity contribution is 5.93. The average molecular weight is 289 g/mol. The summed E-state index contributed by atoms with van der Waals surface area (Å²) in [5.41, 5.74) is 13.0. The number of nitrogens with two attached hydrogens (primary N) is 2. The first-order valence-electron chi connectivity index (χ1n) is 7.47. The van der Waals surface area contributed by atoms with E-state index in [2.05, 4.69) is 6.92 Å². The van der Waals surface area contributed by atoms with E-state index in [9.17, 15) is 9.59 Å². The van der Waals surface area contributed by atoms with Crippen LogP contribution < -0.4 is 11.5 Å². The van der Waals surface area contributed by atoms with Gasteiger partial charge in [-0.2, -0.15) is 0 Å². The van der Waals surface area contributed by atoms with Crippen molar-refractivity contribution in [2.24, 2.45) is 11.7 Å². The van der Waals surface area contributed by atoms with Crippen LogP contribution >= 0.6 is 0 Å². The second kappa shape index (κ2) is 6.61. The molecule has 0 radical (unpaired) electrons. The number of hydrogen-bond donors (Lipinski definition) is 2. The quantitative estimate of drug-likeness (QED) is 0.830. The van der Waals surface area contributed by atoms with Crippen LogP contribution in [-0.2, 0) is 11.3 Å². The molecule has 114 valence electrons. The summed E-state index contributed by atoms with van der Waals surface area (Å²) in [6, 6.07) is 5.02. The molecule has 1 unspecified atom stereocenters. The van der Waals surface area contributed by atoms with E-state index < -0.39 is 5.91 Å². The highest BCUT2D eigenvalue weighted by Crippen LogP contribution is 2.24. The van der Waals surface area contributed by atoms with E-state index in [0.717, 1.165) is 31.4 Å². The van der Waals surface area contributed by atoms with Crippen LogP contribution in [0.4, 0.5) is 5.69 Å². The first-order valence-corrected chi connectivity index (χ1v) is 7.47. The molecule has 0 saturated carbocycles. The van der Waals surface area contributed by atoms with Gasteiger partial charge in [-0.05, 0) is 36.5 Å². The SMILES string of the molecule is CCC1CCC(=O)N(Cc2ccc(C(N)=O)cc2N)CC1. The Balaban J connectivity index is 2.10. The van der Waals surface area contributed by atoms with Crippen molar-refractivity contribution >= 4 is 17.5 Å². The average Bonchev–Trinajstić information content (AvgIpc) is 2.63. The fraction of sp³-hybridized carbons (Fsp3) is 0.500. The van der Waals surface area contributed by atoms with E-state index in [4.69, 9.17) is 11.5 Å². The van der Waals surface area contributed by atoms with E-state index in [1.54, 1.807) is 18.2 Å². The van der Waals surface area contributed by atoms with Crippen molar-refractivity contribution in [2.75, 3.05) is 12.3 Å². The van der Waals surface area contributed by atoms with Crippen molar-refractivity contribution in [1.29, 1.82) is 0 Å². The molecule has 5 nitrogen and oxygen atoms in total. The predicted molar refractivity (Wildman–Crippen MR) is 82.4 cm³/mol. The highest BCUT2D eigenvalue weighted by atomic mass is 16.2. The van der Waals surface area contributed by atoms with Crippen LogP contribution in [0.1, 0.15) is 48.5 Å². The van der Waals surface area contributed by atoms with Crippen LogP contribution in [0, 0.1) is 5.92 Å². The Kier molecular flexibility index (Phi) is 4.83. The van der Waals surface area contributed by atoms with Crippen LogP contribution in [0.2, 0.25) is 0 Å². The van der Waals surface area contributed by atoms with Gasteiger partial charge in [-0.15, -0.1) is 0 Å². The van der Waals surface area contributed by atoms with Crippen molar-refractivity contribution in [3.63, 3.8) is 0 Å². The standard InChI is InChI=1S/C16H23N3O2/c1-2-11-3-6-15(20)19(8-7-11)10-13-5-4-12(16(18)21)9-14(13)17/h4-5,9,11H,2-3,6-8,10,17H2,1H3,(H2,18,21). The lowest BCUT2D eigenvalue weighted by Gasteiger charge is -2.22. The number of carbonyl (C=O) groups excluding carboxylic acids is 2. The largest absolute Gasteiger partial charge is 0.398 e. The summed E-state index contributed by atoms with van der Waals surface area (Å²) in [5, 5.41) is 0. The molecule has 1 aromatic carbocycles. The highest BCUT2D eigenvalue weighted by Gasteiger charge is 2.22. The van der Waals surface area contributed by atoms with Gasteiger partial charge in [-0.1, -0.05) is 19.4 Å². The Labute approximate surface area is 125 Å². The van der Waals surface area contributed by atoms with Crippen LogP contribution in [-0.4, -0.2) is 23.3 Å². The van der Waals surface area contributed by atoms with E-state index in [-0.39, 0.29) is 5.91 Å². The van der Waals surface area contributed by atoms with Gasteiger partial charge in [0.25, 0.3) is 0 Å². The predicted octanol–water partition coefficient (Wildman–Crippen LogP) is 1.91. The Morgan fingerprint density at radius 2 is 2.14 bits per heavy atom. The normalized spacial score (nSPS) is 19.4. The molecule has 1 aliphatic heterocycles. The molecule has 1 fully saturated rings. The number of benzene rings is 1. The lowest BCUT2D eigenvalue weighted by atomic mass is 9.98. The number of nitrogen functional groups attached to an aromatic ring is 1. The Bertz CT molecular complexity index is 542. The van der Waals surface area contributed by atoms with E-state index in [1.165, 1.54) is 0 Å². The summed E-state index contributed by atoms with van der Waals surface area (Å²) in [4.78, 5) is 25.2. The molecule has 1 aliphatic rings. The van der Waals surface area contributed by atoms with Crippen LogP contribution in [0.25, 0.3) is 0 Å². The third-order valence-corrected chi connectivity index (χ3v) is 4.30. The van der Waals surface area contributed by atoms with Crippen molar-refractivity contribution < 1.29 is 9.59 Å². The number of nitrogens with zero attached hydrogens (tertiary/aromatic N) is 1. The van der Waals surface area contributed by atoms with Gasteiger partial charge in [0.2, 0.25) is 11.8 Å². The molecular weight excluding hydrogens is 266 g/mol. The molecule has 5 heteroatoms. The van der Waals surface area contributed by atoms with Crippen molar-refractivity contribution in [1.82, 2.24) is 4.90 Å². The molecule has 21 heavy (non-hydrogen) atoms. The Morgan fingerprint density at radius 1 is 1.38 bits per heavy atom. The van der Waals surface area contributed by atoms with Gasteiger partial charge in [0.1, 0.15) is 0 Å². The first-order chi connectivity index (χ1) is 10.0. The molecule has 4 N–H and O–H groups in total. The number of carbonyl (C=O) groups is 2. The zero-order valence-electron chi connectivity index (χ0n) is 12.5. The minimum absolute atomic E-state index is 0.185. The van der Waals surface area contributed by atoms with E-state index in [0.29, 0.717) is 30.1 Å². The fourth-order valence-electron chi connectivity index (χ4n) is 2.77. The summed E-state index contributed by atoms with van der Waals surface area (Å²) >= 11 is 0. The van der Waals surface area contributed by atoms with Gasteiger partial charge >= 0.3 is 0 Å². The molecule has 0 aromatic heterocycles. The van der Waals surface area contributed by atoms with Gasteiger partial charge < -0.3 is 16.4 Å². The Hall–Kier alpha value is -2.04. The van der Waals surface area contributed by atoms with Gasteiger partial charge in [-0.25, -0.2) is 0 Å². The number of rotatable bonds is 4. The molecule has 2 amide bonds. The molecule has 1 atom stereocenters. The molecule has 1 saturated heterocycles. The zero-order valence-corrected chi connectivity index (χ0v) is 12.5. The zero-order chi connectivity index (χ0) is 15.4. The van der Waals surface area contributed by atoms with E-state index in [1.807, 2.05) is 4.90 Å². The molecule has 0 bridgehead atoms. The van der Waals surface area contributed by atoms with Gasteiger partial charge in [0.05, 0.1) is 0 Å². The maximum Gasteiger partial charge on any atom is 0.248 e. The third-order valence-electron chi connectivity index (χ3n) is 4.30. The van der Waals surface area contributed by atoms with Gasteiger partial charge in [-0.3, -0.25) is 9.59 Å². The lowest BCUT2D eigenvalue weighted by molar-refractivity contribution is -0.131. The van der Waals surface area contributed by atoms with Crippen molar-refractivity contribution in [3.8, 4) is 0 Å². The minimum atomic E-state index is -0.495. The molecule has 0 aliphatic carbocycles. The first kappa shape index (κ1) is 15.4. The number of primary amides is 1. The van der Waals surface area contributed by atoms with Gasteiger partial charge in [0, 0.05) is 30.8 Å². The smallest absolute Gasteiger partial charge is 0.248 e. The topological polar surface area (TPSA) is 89.4 Å². The maximum atomic E-state index is 12.2. The number of anilines is 1. The summed E-state index contributed by atoms with van der Waals surface area (Å²) < 4.78 is 0. The monoisotopic (exact) mass is 289 g/mol. The van der Waals surface area contributed by atoms with Crippen molar-refractivity contribution in [3.05, 3.63) is 29.3 Å². The van der Waals surface area contributed by atoms with Crippen LogP contribution in [0.15, 0.2) is 18.2 Å².